The summed E-state index contributed by atoms with van der Waals surface area (Å²) in [6.07, 6.45) is 5.46. The van der Waals surface area contributed by atoms with Gasteiger partial charge in [-0.2, -0.15) is 4.31 Å². The van der Waals surface area contributed by atoms with Gasteiger partial charge in [-0.3, -0.25) is 9.78 Å². The van der Waals surface area contributed by atoms with Crippen LogP contribution in [-0.2, 0) is 21.4 Å². The van der Waals surface area contributed by atoms with Crippen molar-refractivity contribution < 1.29 is 13.2 Å². The van der Waals surface area contributed by atoms with Crippen molar-refractivity contribution in [1.29, 1.82) is 0 Å². The Morgan fingerprint density at radius 2 is 1.84 bits per heavy atom. The maximum atomic E-state index is 12.9. The summed E-state index contributed by atoms with van der Waals surface area (Å²) in [6.45, 7) is 0.724. The van der Waals surface area contributed by atoms with Gasteiger partial charge in [-0.25, -0.2) is 8.42 Å². The molecule has 2 aromatic rings. The second kappa shape index (κ2) is 7.76. The van der Waals surface area contributed by atoms with Gasteiger partial charge in [0.15, 0.2) is 0 Å². The number of pyridine rings is 1. The smallest absolute Gasteiger partial charge is 0.243 e. The summed E-state index contributed by atoms with van der Waals surface area (Å²) in [5.74, 6) is -0.254. The number of carbonyl (C=O) groups excluding carboxylic acids is 1. The molecule has 7 heteroatoms. The molecule has 0 saturated carbocycles. The first kappa shape index (κ1) is 17.6. The van der Waals surface area contributed by atoms with Gasteiger partial charge in [0.1, 0.15) is 6.04 Å². The third-order valence-electron chi connectivity index (χ3n) is 4.32. The molecule has 6 nitrogen and oxygen atoms in total. The normalized spacial score (nSPS) is 18.6. The van der Waals surface area contributed by atoms with E-state index < -0.39 is 16.1 Å². The second-order valence-corrected chi connectivity index (χ2v) is 7.90. The lowest BCUT2D eigenvalue weighted by Crippen LogP contribution is -2.51. The Hall–Kier alpha value is -2.25. The zero-order valence-corrected chi connectivity index (χ0v) is 14.7. The average molecular weight is 359 g/mol. The van der Waals surface area contributed by atoms with Crippen LogP contribution in [0.2, 0.25) is 0 Å². The Balaban J connectivity index is 1.75. The first-order valence-corrected chi connectivity index (χ1v) is 9.76. The number of carbonyl (C=O) groups is 1. The van der Waals surface area contributed by atoms with Gasteiger partial charge in [-0.1, -0.05) is 24.6 Å². The molecule has 2 heterocycles. The number of piperidine rings is 1. The number of nitrogens with one attached hydrogen (secondary N) is 1. The predicted octanol–water partition coefficient (Wildman–Crippen LogP) is 1.94. The summed E-state index contributed by atoms with van der Waals surface area (Å²) in [5, 5.41) is 2.85. The van der Waals surface area contributed by atoms with Crippen LogP contribution in [0.3, 0.4) is 0 Å². The zero-order valence-electron chi connectivity index (χ0n) is 13.8. The Bertz CT molecular complexity index is 810. The molecule has 1 saturated heterocycles. The number of nitrogens with zero attached hydrogens (tertiary/aromatic N) is 2. The van der Waals surface area contributed by atoms with Crippen molar-refractivity contribution in [3.63, 3.8) is 0 Å². The summed E-state index contributed by atoms with van der Waals surface area (Å²) < 4.78 is 27.2. The fourth-order valence-corrected chi connectivity index (χ4v) is 4.67. The van der Waals surface area contributed by atoms with Crippen LogP contribution < -0.4 is 5.32 Å². The standard InChI is InChI=1S/C18H21N3O3S/c22-18(20-14-15-9-11-19-12-10-15)17-8-4-5-13-21(17)25(23,24)16-6-2-1-3-7-16/h1-3,6-7,9-12,17H,4-5,8,13-14H2,(H,20,22). The van der Waals surface area contributed by atoms with Crippen LogP contribution in [0.1, 0.15) is 24.8 Å². The van der Waals surface area contributed by atoms with Crippen LogP contribution in [0, 0.1) is 0 Å². The molecular weight excluding hydrogens is 338 g/mol. The van der Waals surface area contributed by atoms with E-state index in [2.05, 4.69) is 10.3 Å². The minimum atomic E-state index is -3.68. The van der Waals surface area contributed by atoms with E-state index in [1.165, 1.54) is 4.31 Å². The molecule has 1 aromatic heterocycles. The van der Waals surface area contributed by atoms with Gasteiger partial charge < -0.3 is 5.32 Å². The van der Waals surface area contributed by atoms with Crippen LogP contribution in [0.4, 0.5) is 0 Å². The van der Waals surface area contributed by atoms with Crippen molar-refractivity contribution in [2.24, 2.45) is 0 Å². The summed E-state index contributed by atoms with van der Waals surface area (Å²) in [6, 6.07) is 11.3. The molecule has 1 aromatic carbocycles. The number of benzene rings is 1. The fourth-order valence-electron chi connectivity index (χ4n) is 2.99. The minimum absolute atomic E-state index is 0.226. The first-order chi connectivity index (χ1) is 12.1. The molecule has 1 N–H and O–H groups in total. The summed E-state index contributed by atoms with van der Waals surface area (Å²) in [4.78, 5) is 16.8. The largest absolute Gasteiger partial charge is 0.351 e. The van der Waals surface area contributed by atoms with Gasteiger partial charge in [0.05, 0.1) is 4.90 Å². The summed E-state index contributed by atoms with van der Waals surface area (Å²) >= 11 is 0. The van der Waals surface area contributed by atoms with Gasteiger partial charge in [0.25, 0.3) is 0 Å². The van der Waals surface area contributed by atoms with Gasteiger partial charge in [-0.15, -0.1) is 0 Å². The van der Waals surface area contributed by atoms with Gasteiger partial charge >= 0.3 is 0 Å². The molecule has 1 fully saturated rings. The molecule has 0 spiro atoms. The fraction of sp³-hybridized carbons (Fsp3) is 0.333. The predicted molar refractivity (Wildman–Crippen MR) is 94.1 cm³/mol. The van der Waals surface area contributed by atoms with E-state index in [0.717, 1.165) is 18.4 Å². The molecule has 1 atom stereocenters. The summed E-state index contributed by atoms with van der Waals surface area (Å²) in [5.41, 5.74) is 0.927. The van der Waals surface area contributed by atoms with E-state index in [1.54, 1.807) is 42.7 Å². The molecule has 1 aliphatic heterocycles. The first-order valence-electron chi connectivity index (χ1n) is 8.32. The molecule has 1 amide bonds. The highest BCUT2D eigenvalue weighted by atomic mass is 32.2. The Labute approximate surface area is 147 Å². The zero-order chi connectivity index (χ0) is 17.7. The van der Waals surface area contributed by atoms with Gasteiger partial charge in [-0.05, 0) is 42.7 Å². The Morgan fingerprint density at radius 3 is 2.56 bits per heavy atom. The molecule has 25 heavy (non-hydrogen) atoms. The van der Waals surface area contributed by atoms with Crippen molar-refractivity contribution in [2.75, 3.05) is 6.54 Å². The molecule has 1 aliphatic rings. The highest BCUT2D eigenvalue weighted by Crippen LogP contribution is 2.25. The number of sulfonamides is 1. The SMILES string of the molecule is O=C(NCc1ccncc1)C1CCCCN1S(=O)(=O)c1ccccc1. The molecular formula is C18H21N3O3S. The lowest BCUT2D eigenvalue weighted by Gasteiger charge is -2.33. The molecule has 0 aliphatic carbocycles. The monoisotopic (exact) mass is 359 g/mol. The van der Waals surface area contributed by atoms with Crippen LogP contribution in [0.15, 0.2) is 59.8 Å². The Kier molecular flexibility index (Phi) is 5.45. The van der Waals surface area contributed by atoms with E-state index in [4.69, 9.17) is 0 Å². The molecule has 132 valence electrons. The maximum absolute atomic E-state index is 12.9. The lowest BCUT2D eigenvalue weighted by atomic mass is 10.0. The van der Waals surface area contributed by atoms with Gasteiger partial charge in [0, 0.05) is 25.5 Å². The van der Waals surface area contributed by atoms with Gasteiger partial charge in [0.2, 0.25) is 15.9 Å². The number of hydrogen-bond acceptors (Lipinski definition) is 4. The van der Waals surface area contributed by atoms with Crippen molar-refractivity contribution in [1.82, 2.24) is 14.6 Å². The molecule has 0 bridgehead atoms. The van der Waals surface area contributed by atoms with Crippen molar-refractivity contribution in [2.45, 2.75) is 36.7 Å². The molecule has 3 rings (SSSR count). The minimum Gasteiger partial charge on any atom is -0.351 e. The van der Waals surface area contributed by atoms with Crippen molar-refractivity contribution in [3.05, 3.63) is 60.4 Å². The topological polar surface area (TPSA) is 79.4 Å². The average Bonchev–Trinajstić information content (AvgIpc) is 2.67. The van der Waals surface area contributed by atoms with E-state index in [0.29, 0.717) is 19.5 Å². The number of amides is 1. The second-order valence-electron chi connectivity index (χ2n) is 6.01. The lowest BCUT2D eigenvalue weighted by molar-refractivity contribution is -0.125. The van der Waals surface area contributed by atoms with Crippen LogP contribution in [-0.4, -0.2) is 36.2 Å². The third kappa shape index (κ3) is 4.05. The number of aromatic nitrogens is 1. The van der Waals surface area contributed by atoms with Crippen LogP contribution >= 0.6 is 0 Å². The van der Waals surface area contributed by atoms with E-state index >= 15 is 0 Å². The third-order valence-corrected chi connectivity index (χ3v) is 6.24. The number of rotatable bonds is 5. The van der Waals surface area contributed by atoms with E-state index in [9.17, 15) is 13.2 Å². The Morgan fingerprint density at radius 1 is 1.12 bits per heavy atom. The number of hydrogen-bond donors (Lipinski definition) is 1. The highest BCUT2D eigenvalue weighted by molar-refractivity contribution is 7.89. The van der Waals surface area contributed by atoms with E-state index in [1.807, 2.05) is 12.1 Å². The van der Waals surface area contributed by atoms with Crippen LogP contribution in [0.5, 0.6) is 0 Å². The van der Waals surface area contributed by atoms with Crippen molar-refractivity contribution >= 4 is 15.9 Å². The van der Waals surface area contributed by atoms with Crippen molar-refractivity contribution in [3.8, 4) is 0 Å². The highest BCUT2D eigenvalue weighted by Gasteiger charge is 2.37. The summed E-state index contributed by atoms with van der Waals surface area (Å²) in [7, 11) is -3.68. The molecule has 0 radical (unpaired) electrons. The quantitative estimate of drug-likeness (QED) is 0.885. The molecule has 1 unspecified atom stereocenters. The van der Waals surface area contributed by atoms with Crippen LogP contribution in [0.25, 0.3) is 0 Å². The van der Waals surface area contributed by atoms with E-state index in [-0.39, 0.29) is 10.8 Å². The maximum Gasteiger partial charge on any atom is 0.243 e.